The van der Waals surface area contributed by atoms with Gasteiger partial charge >= 0.3 is 0 Å². The van der Waals surface area contributed by atoms with E-state index in [0.29, 0.717) is 6.73 Å². The van der Waals surface area contributed by atoms with E-state index >= 15 is 0 Å². The van der Waals surface area contributed by atoms with Gasteiger partial charge in [-0.05, 0) is 25.8 Å². The highest BCUT2D eigenvalue weighted by Crippen LogP contribution is 2.15. The maximum absolute atomic E-state index is 5.40. The molecule has 0 saturated carbocycles. The van der Waals surface area contributed by atoms with Gasteiger partial charge in [-0.1, -0.05) is 0 Å². The van der Waals surface area contributed by atoms with E-state index in [1.54, 1.807) is 0 Å². The number of hydrogen-bond acceptors (Lipinski definition) is 4. The fraction of sp³-hybridized carbons (Fsp3) is 0.636. The van der Waals surface area contributed by atoms with E-state index < -0.39 is 0 Å². The van der Waals surface area contributed by atoms with Gasteiger partial charge in [-0.2, -0.15) is 0 Å². The first-order chi connectivity index (χ1) is 7.29. The lowest BCUT2D eigenvalue weighted by atomic mass is 10.1. The predicted octanol–water partition coefficient (Wildman–Crippen LogP) is 1.14. The Morgan fingerprint density at radius 1 is 1.53 bits per heavy atom. The van der Waals surface area contributed by atoms with Gasteiger partial charge in [-0.25, -0.2) is 9.97 Å². The summed E-state index contributed by atoms with van der Waals surface area (Å²) in [6.45, 7) is 7.36. The molecule has 4 heteroatoms. The van der Waals surface area contributed by atoms with Gasteiger partial charge < -0.3 is 4.74 Å². The molecule has 0 radical (unpaired) electrons. The maximum Gasteiger partial charge on any atom is 0.125 e. The van der Waals surface area contributed by atoms with Crippen molar-refractivity contribution in [2.75, 3.05) is 19.9 Å². The molecule has 0 fully saturated rings. The van der Waals surface area contributed by atoms with Crippen LogP contribution in [0.15, 0.2) is 6.20 Å². The molecular weight excluding hydrogens is 190 g/mol. The topological polar surface area (TPSA) is 38.2 Å². The Morgan fingerprint density at radius 3 is 3.20 bits per heavy atom. The largest absolute Gasteiger partial charge is 0.366 e. The number of hydrogen-bond donors (Lipinski definition) is 0. The van der Waals surface area contributed by atoms with E-state index in [-0.39, 0.29) is 0 Å². The molecule has 1 aliphatic rings. The second kappa shape index (κ2) is 4.68. The van der Waals surface area contributed by atoms with E-state index in [2.05, 4.69) is 14.9 Å². The van der Waals surface area contributed by atoms with Gasteiger partial charge in [-0.15, -0.1) is 0 Å². The summed E-state index contributed by atoms with van der Waals surface area (Å²) in [6, 6.07) is 0. The van der Waals surface area contributed by atoms with Crippen LogP contribution >= 0.6 is 0 Å². The molecule has 0 saturated heterocycles. The van der Waals surface area contributed by atoms with Crippen molar-refractivity contribution in [1.82, 2.24) is 14.9 Å². The molecule has 0 aliphatic carbocycles. The number of fused-ring (bicyclic) bond motifs is 1. The Kier molecular flexibility index (Phi) is 3.28. The Balaban J connectivity index is 2.05. The van der Waals surface area contributed by atoms with E-state index in [1.807, 2.05) is 20.0 Å². The summed E-state index contributed by atoms with van der Waals surface area (Å²) >= 11 is 0. The van der Waals surface area contributed by atoms with Crippen LogP contribution in [0.25, 0.3) is 0 Å². The van der Waals surface area contributed by atoms with E-state index in [4.69, 9.17) is 4.74 Å². The zero-order chi connectivity index (χ0) is 10.7. The molecule has 1 aromatic rings. The Morgan fingerprint density at radius 2 is 2.40 bits per heavy atom. The summed E-state index contributed by atoms with van der Waals surface area (Å²) in [7, 11) is 0. The molecule has 82 valence electrons. The van der Waals surface area contributed by atoms with Crippen LogP contribution < -0.4 is 0 Å². The Hall–Kier alpha value is -1.00. The lowest BCUT2D eigenvalue weighted by Gasteiger charge is -2.27. The van der Waals surface area contributed by atoms with E-state index in [0.717, 1.165) is 37.6 Å². The van der Waals surface area contributed by atoms with Crippen LogP contribution in [0, 0.1) is 6.92 Å². The van der Waals surface area contributed by atoms with E-state index in [9.17, 15) is 0 Å². The molecular formula is C11H17N3O. The lowest BCUT2D eigenvalue weighted by Crippen LogP contribution is -2.33. The van der Waals surface area contributed by atoms with Crippen molar-refractivity contribution in [2.45, 2.75) is 26.8 Å². The maximum atomic E-state index is 5.40. The number of aromatic nitrogens is 2. The Bertz CT molecular complexity index is 341. The third kappa shape index (κ3) is 2.52. The summed E-state index contributed by atoms with van der Waals surface area (Å²) in [5.41, 5.74) is 2.45. The third-order valence-electron chi connectivity index (χ3n) is 2.62. The van der Waals surface area contributed by atoms with Crippen molar-refractivity contribution < 1.29 is 4.74 Å². The van der Waals surface area contributed by atoms with Gasteiger partial charge in [0.15, 0.2) is 0 Å². The quantitative estimate of drug-likeness (QED) is 0.745. The smallest absolute Gasteiger partial charge is 0.125 e. The van der Waals surface area contributed by atoms with Crippen molar-refractivity contribution in [1.29, 1.82) is 0 Å². The molecule has 0 atom stereocenters. The zero-order valence-corrected chi connectivity index (χ0v) is 9.36. The van der Waals surface area contributed by atoms with Crippen LogP contribution in [-0.4, -0.2) is 34.8 Å². The highest BCUT2D eigenvalue weighted by Gasteiger charge is 2.17. The zero-order valence-electron chi connectivity index (χ0n) is 9.36. The molecule has 15 heavy (non-hydrogen) atoms. The van der Waals surface area contributed by atoms with Gasteiger partial charge in [0.1, 0.15) is 5.82 Å². The minimum Gasteiger partial charge on any atom is -0.366 e. The fourth-order valence-electron chi connectivity index (χ4n) is 1.79. The SMILES string of the molecule is CCOCN1CCc2cnc(C)nc2C1. The van der Waals surface area contributed by atoms with Crippen molar-refractivity contribution in [3.8, 4) is 0 Å². The van der Waals surface area contributed by atoms with E-state index in [1.165, 1.54) is 5.56 Å². The summed E-state index contributed by atoms with van der Waals surface area (Å²) < 4.78 is 5.40. The molecule has 0 aromatic carbocycles. The number of nitrogens with zero attached hydrogens (tertiary/aromatic N) is 3. The monoisotopic (exact) mass is 207 g/mol. The molecule has 0 unspecified atom stereocenters. The predicted molar refractivity (Wildman–Crippen MR) is 57.4 cm³/mol. The molecule has 2 heterocycles. The van der Waals surface area contributed by atoms with Crippen molar-refractivity contribution >= 4 is 0 Å². The van der Waals surface area contributed by atoms with Gasteiger partial charge in [-0.3, -0.25) is 4.90 Å². The average molecular weight is 207 g/mol. The molecule has 1 aromatic heterocycles. The molecule has 0 spiro atoms. The van der Waals surface area contributed by atoms with Crippen LogP contribution in [0.2, 0.25) is 0 Å². The van der Waals surface area contributed by atoms with Crippen LogP contribution in [-0.2, 0) is 17.7 Å². The summed E-state index contributed by atoms with van der Waals surface area (Å²) in [5.74, 6) is 0.854. The van der Waals surface area contributed by atoms with Gasteiger partial charge in [0, 0.05) is 25.9 Å². The van der Waals surface area contributed by atoms with Gasteiger partial charge in [0.05, 0.1) is 12.4 Å². The molecule has 4 nitrogen and oxygen atoms in total. The normalized spacial score (nSPS) is 16.4. The summed E-state index contributed by atoms with van der Waals surface area (Å²) in [4.78, 5) is 11.0. The molecule has 1 aliphatic heterocycles. The lowest BCUT2D eigenvalue weighted by molar-refractivity contribution is 0.0269. The molecule has 0 amide bonds. The summed E-state index contributed by atoms with van der Waals surface area (Å²) in [6.07, 6.45) is 2.98. The number of aryl methyl sites for hydroxylation is 1. The molecule has 2 rings (SSSR count). The van der Waals surface area contributed by atoms with Gasteiger partial charge in [0.2, 0.25) is 0 Å². The first-order valence-electron chi connectivity index (χ1n) is 5.41. The van der Waals surface area contributed by atoms with Crippen LogP contribution in [0.4, 0.5) is 0 Å². The second-order valence-electron chi connectivity index (χ2n) is 3.81. The average Bonchev–Trinajstić information content (AvgIpc) is 2.25. The third-order valence-corrected chi connectivity index (χ3v) is 2.62. The second-order valence-corrected chi connectivity index (χ2v) is 3.81. The minimum absolute atomic E-state index is 0.707. The number of ether oxygens (including phenoxy) is 1. The highest BCUT2D eigenvalue weighted by molar-refractivity contribution is 5.20. The number of rotatable bonds is 3. The molecule has 0 N–H and O–H groups in total. The fourth-order valence-corrected chi connectivity index (χ4v) is 1.79. The van der Waals surface area contributed by atoms with Crippen molar-refractivity contribution in [3.63, 3.8) is 0 Å². The van der Waals surface area contributed by atoms with Crippen molar-refractivity contribution in [3.05, 3.63) is 23.3 Å². The first kappa shape index (κ1) is 10.5. The van der Waals surface area contributed by atoms with Crippen molar-refractivity contribution in [2.24, 2.45) is 0 Å². The van der Waals surface area contributed by atoms with Crippen LogP contribution in [0.1, 0.15) is 24.0 Å². The van der Waals surface area contributed by atoms with Crippen LogP contribution in [0.3, 0.4) is 0 Å². The summed E-state index contributed by atoms with van der Waals surface area (Å²) in [5, 5.41) is 0. The molecule has 0 bridgehead atoms. The Labute approximate surface area is 90.3 Å². The van der Waals surface area contributed by atoms with Gasteiger partial charge in [0.25, 0.3) is 0 Å². The highest BCUT2D eigenvalue weighted by atomic mass is 16.5. The standard InChI is InChI=1S/C11H17N3O/c1-3-15-8-14-5-4-10-6-12-9(2)13-11(10)7-14/h6H,3-5,7-8H2,1-2H3. The minimum atomic E-state index is 0.707. The van der Waals surface area contributed by atoms with Crippen LogP contribution in [0.5, 0.6) is 0 Å². The first-order valence-corrected chi connectivity index (χ1v) is 5.41.